The first-order chi connectivity index (χ1) is 5.57. The van der Waals surface area contributed by atoms with Gasteiger partial charge < -0.3 is 25.7 Å². The fraction of sp³-hybridized carbons (Fsp3) is 1.00. The molecule has 0 radical (unpaired) electrons. The zero-order valence-corrected chi connectivity index (χ0v) is 6.88. The number of aliphatic hydroxyl groups is 4. The summed E-state index contributed by atoms with van der Waals surface area (Å²) >= 11 is 0. The van der Waals surface area contributed by atoms with Crippen LogP contribution in [-0.2, 0) is 0 Å². The molecule has 0 aliphatic carbocycles. The van der Waals surface area contributed by atoms with E-state index in [-0.39, 0.29) is 12.6 Å². The van der Waals surface area contributed by atoms with Crippen molar-refractivity contribution in [3.05, 3.63) is 0 Å². The van der Waals surface area contributed by atoms with Gasteiger partial charge in [-0.05, 0) is 6.92 Å². The molecule has 5 atom stereocenters. The van der Waals surface area contributed by atoms with Gasteiger partial charge in [-0.2, -0.15) is 0 Å². The molecule has 0 aromatic rings. The summed E-state index contributed by atoms with van der Waals surface area (Å²) in [6.07, 6.45) is -3.28. The fourth-order valence-corrected chi connectivity index (χ4v) is 1.43. The molecule has 0 amide bonds. The third-order valence-corrected chi connectivity index (χ3v) is 2.30. The van der Waals surface area contributed by atoms with E-state index >= 15 is 0 Å². The molecule has 0 bridgehead atoms. The van der Waals surface area contributed by atoms with Crippen LogP contribution in [0.3, 0.4) is 0 Å². The highest BCUT2D eigenvalue weighted by Crippen LogP contribution is 2.14. The third-order valence-electron chi connectivity index (χ3n) is 2.30. The predicted molar refractivity (Wildman–Crippen MR) is 41.5 cm³/mol. The van der Waals surface area contributed by atoms with Crippen molar-refractivity contribution in [1.29, 1.82) is 0 Å². The first kappa shape index (κ1) is 9.88. The first-order valence-electron chi connectivity index (χ1n) is 3.99. The molecule has 5 N–H and O–H groups in total. The maximum absolute atomic E-state index is 9.29. The van der Waals surface area contributed by atoms with Gasteiger partial charge in [0.2, 0.25) is 0 Å². The second-order valence-corrected chi connectivity index (χ2v) is 3.22. The van der Waals surface area contributed by atoms with E-state index < -0.39 is 24.4 Å². The molecule has 1 heterocycles. The Kier molecular flexibility index (Phi) is 3.03. The van der Waals surface area contributed by atoms with Gasteiger partial charge in [0.15, 0.2) is 0 Å². The van der Waals surface area contributed by atoms with Gasteiger partial charge in [0.1, 0.15) is 6.10 Å². The quantitative estimate of drug-likeness (QED) is 0.303. The number of hydrogen-bond donors (Lipinski definition) is 5. The van der Waals surface area contributed by atoms with Gasteiger partial charge >= 0.3 is 0 Å². The fourth-order valence-electron chi connectivity index (χ4n) is 1.43. The molecule has 12 heavy (non-hydrogen) atoms. The van der Waals surface area contributed by atoms with Gasteiger partial charge in [-0.15, -0.1) is 0 Å². The minimum atomic E-state index is -1.18. The van der Waals surface area contributed by atoms with Crippen LogP contribution in [0.1, 0.15) is 6.92 Å². The lowest BCUT2D eigenvalue weighted by atomic mass is 9.91. The summed E-state index contributed by atoms with van der Waals surface area (Å²) in [4.78, 5) is 0. The highest BCUT2D eigenvalue weighted by Gasteiger charge is 2.39. The van der Waals surface area contributed by atoms with E-state index in [1.165, 1.54) is 0 Å². The molecule has 1 aliphatic heterocycles. The molecule has 2 unspecified atom stereocenters. The largest absolute Gasteiger partial charge is 0.395 e. The Morgan fingerprint density at radius 1 is 1.08 bits per heavy atom. The van der Waals surface area contributed by atoms with Crippen LogP contribution >= 0.6 is 0 Å². The van der Waals surface area contributed by atoms with Crippen LogP contribution in [0.25, 0.3) is 0 Å². The van der Waals surface area contributed by atoms with E-state index in [1.807, 2.05) is 0 Å². The monoisotopic (exact) mass is 177 g/mol. The molecule has 1 saturated heterocycles. The standard InChI is InChI=1S/C7H15NO4/c1-3-5(10)7(12)6(11)4(2-9)8-3/h3-12H,2H2,1H3/t3-,4?,5?,6-,7-/m1/s1. The van der Waals surface area contributed by atoms with Crippen LogP contribution < -0.4 is 5.32 Å². The van der Waals surface area contributed by atoms with Gasteiger partial charge in [-0.1, -0.05) is 0 Å². The van der Waals surface area contributed by atoms with Crippen molar-refractivity contribution in [2.75, 3.05) is 6.61 Å². The lowest BCUT2D eigenvalue weighted by Crippen LogP contribution is -2.64. The van der Waals surface area contributed by atoms with Crippen molar-refractivity contribution in [3.63, 3.8) is 0 Å². The maximum atomic E-state index is 9.29. The van der Waals surface area contributed by atoms with E-state index in [2.05, 4.69) is 5.32 Å². The number of piperidine rings is 1. The smallest absolute Gasteiger partial charge is 0.109 e. The number of hydrogen-bond acceptors (Lipinski definition) is 5. The molecular weight excluding hydrogens is 162 g/mol. The molecule has 5 nitrogen and oxygen atoms in total. The summed E-state index contributed by atoms with van der Waals surface area (Å²) in [5.41, 5.74) is 0. The van der Waals surface area contributed by atoms with E-state index in [0.717, 1.165) is 0 Å². The molecule has 0 spiro atoms. The van der Waals surface area contributed by atoms with E-state index in [0.29, 0.717) is 0 Å². The normalized spacial score (nSPS) is 49.2. The molecule has 72 valence electrons. The zero-order chi connectivity index (χ0) is 9.30. The second-order valence-electron chi connectivity index (χ2n) is 3.22. The van der Waals surface area contributed by atoms with Gasteiger partial charge in [0.05, 0.1) is 24.9 Å². The van der Waals surface area contributed by atoms with Crippen molar-refractivity contribution in [3.8, 4) is 0 Å². The summed E-state index contributed by atoms with van der Waals surface area (Å²) in [5.74, 6) is 0. The summed E-state index contributed by atoms with van der Waals surface area (Å²) in [6, 6.07) is -0.876. The van der Waals surface area contributed by atoms with Gasteiger partial charge in [-0.3, -0.25) is 0 Å². The van der Waals surface area contributed by atoms with Crippen molar-refractivity contribution in [2.45, 2.75) is 37.3 Å². The molecule has 0 aromatic carbocycles. The highest BCUT2D eigenvalue weighted by molar-refractivity contribution is 4.96. The topological polar surface area (TPSA) is 93.0 Å². The molecule has 5 heteroatoms. The summed E-state index contributed by atoms with van der Waals surface area (Å²) in [5, 5.41) is 39.4. The van der Waals surface area contributed by atoms with E-state index in [4.69, 9.17) is 5.11 Å². The van der Waals surface area contributed by atoms with Crippen molar-refractivity contribution in [1.82, 2.24) is 5.32 Å². The average Bonchev–Trinajstić information content (AvgIpc) is 2.08. The Morgan fingerprint density at radius 2 is 1.67 bits per heavy atom. The number of rotatable bonds is 1. The molecular formula is C7H15NO4. The predicted octanol–water partition coefficient (Wildman–Crippen LogP) is -2.58. The SMILES string of the molecule is C[C@H]1NC(CO)[C@@H](O)[C@H](O)C1O. The summed E-state index contributed by atoms with van der Waals surface area (Å²) < 4.78 is 0. The van der Waals surface area contributed by atoms with Crippen LogP contribution in [0, 0.1) is 0 Å². The Bertz CT molecular complexity index is 150. The van der Waals surface area contributed by atoms with Crippen LogP contribution in [0.4, 0.5) is 0 Å². The van der Waals surface area contributed by atoms with Crippen molar-refractivity contribution < 1.29 is 20.4 Å². The van der Waals surface area contributed by atoms with Crippen molar-refractivity contribution >= 4 is 0 Å². The van der Waals surface area contributed by atoms with Crippen LogP contribution in [0.5, 0.6) is 0 Å². The number of aliphatic hydroxyl groups excluding tert-OH is 4. The maximum Gasteiger partial charge on any atom is 0.109 e. The average molecular weight is 177 g/mol. The Balaban J connectivity index is 2.63. The molecule has 1 rings (SSSR count). The molecule has 0 saturated carbocycles. The Morgan fingerprint density at radius 3 is 2.17 bits per heavy atom. The number of nitrogens with one attached hydrogen (secondary N) is 1. The van der Waals surface area contributed by atoms with Crippen LogP contribution in [0.15, 0.2) is 0 Å². The Labute approximate surface area is 70.6 Å². The van der Waals surface area contributed by atoms with Gasteiger partial charge in [0.25, 0.3) is 0 Å². The molecule has 1 aliphatic rings. The van der Waals surface area contributed by atoms with Crippen LogP contribution in [0.2, 0.25) is 0 Å². The second kappa shape index (κ2) is 3.68. The third kappa shape index (κ3) is 1.60. The minimum absolute atomic E-state index is 0.255. The molecule has 0 aromatic heterocycles. The minimum Gasteiger partial charge on any atom is -0.395 e. The Hall–Kier alpha value is -0.200. The zero-order valence-electron chi connectivity index (χ0n) is 6.88. The van der Waals surface area contributed by atoms with Gasteiger partial charge in [-0.25, -0.2) is 0 Å². The van der Waals surface area contributed by atoms with E-state index in [9.17, 15) is 15.3 Å². The summed E-state index contributed by atoms with van der Waals surface area (Å²) in [6.45, 7) is 1.43. The lowest BCUT2D eigenvalue weighted by molar-refractivity contribution is -0.116. The lowest BCUT2D eigenvalue weighted by Gasteiger charge is -2.39. The first-order valence-corrected chi connectivity index (χ1v) is 3.99. The highest BCUT2D eigenvalue weighted by atomic mass is 16.4. The summed E-state index contributed by atoms with van der Waals surface area (Å²) in [7, 11) is 0. The molecule has 1 fully saturated rings. The van der Waals surface area contributed by atoms with Crippen LogP contribution in [-0.4, -0.2) is 57.4 Å². The van der Waals surface area contributed by atoms with Gasteiger partial charge in [0, 0.05) is 6.04 Å². The van der Waals surface area contributed by atoms with Crippen molar-refractivity contribution in [2.24, 2.45) is 0 Å². The van der Waals surface area contributed by atoms with E-state index in [1.54, 1.807) is 6.92 Å².